The van der Waals surface area contributed by atoms with Crippen molar-refractivity contribution in [3.8, 4) is 0 Å². The normalized spacial score (nSPS) is 12.5. The van der Waals surface area contributed by atoms with Crippen LogP contribution in [0, 0.1) is 0 Å². The molecule has 1 aliphatic rings. The lowest BCUT2D eigenvalue weighted by molar-refractivity contribution is 0.262. The van der Waals surface area contributed by atoms with Crippen molar-refractivity contribution in [1.29, 1.82) is 0 Å². The molecule has 0 saturated carbocycles. The van der Waals surface area contributed by atoms with Crippen molar-refractivity contribution in [2.24, 2.45) is 0 Å². The summed E-state index contributed by atoms with van der Waals surface area (Å²) in [6.45, 7) is 0.934. The average molecular weight is 322 g/mol. The summed E-state index contributed by atoms with van der Waals surface area (Å²) < 4.78 is 0. The lowest BCUT2D eigenvalue weighted by Crippen LogP contribution is -2.19. The highest BCUT2D eigenvalue weighted by atomic mass is 35.5. The molecule has 0 aromatic heterocycles. The molecular formula is C15H13Cl2N3O. The topological polar surface area (TPSA) is 53.2 Å². The van der Waals surface area contributed by atoms with Gasteiger partial charge in [0.25, 0.3) is 0 Å². The first-order chi connectivity index (χ1) is 10.1. The van der Waals surface area contributed by atoms with E-state index in [1.807, 2.05) is 18.2 Å². The van der Waals surface area contributed by atoms with Gasteiger partial charge < -0.3 is 16.0 Å². The number of hydrogen-bond donors (Lipinski definition) is 3. The Labute approximate surface area is 132 Å². The number of amides is 2. The Balaban J connectivity index is 1.70. The highest BCUT2D eigenvalue weighted by Crippen LogP contribution is 2.27. The Morgan fingerprint density at radius 3 is 2.81 bits per heavy atom. The third-order valence-electron chi connectivity index (χ3n) is 3.25. The van der Waals surface area contributed by atoms with Gasteiger partial charge in [-0.3, -0.25) is 0 Å². The first-order valence-electron chi connectivity index (χ1n) is 6.52. The molecule has 1 aliphatic heterocycles. The van der Waals surface area contributed by atoms with Crippen molar-refractivity contribution >= 4 is 46.3 Å². The lowest BCUT2D eigenvalue weighted by Gasteiger charge is -2.10. The van der Waals surface area contributed by atoms with Crippen molar-refractivity contribution in [1.82, 2.24) is 0 Å². The lowest BCUT2D eigenvalue weighted by atomic mass is 10.1. The zero-order valence-electron chi connectivity index (χ0n) is 11.0. The fourth-order valence-corrected chi connectivity index (χ4v) is 2.60. The van der Waals surface area contributed by atoms with Gasteiger partial charge in [0, 0.05) is 22.9 Å². The molecule has 0 spiro atoms. The summed E-state index contributed by atoms with van der Waals surface area (Å²) in [7, 11) is 0. The summed E-state index contributed by atoms with van der Waals surface area (Å²) in [6, 6.07) is 10.3. The third kappa shape index (κ3) is 3.23. The van der Waals surface area contributed by atoms with Gasteiger partial charge in [-0.2, -0.15) is 0 Å². The minimum Gasteiger partial charge on any atom is -0.384 e. The Morgan fingerprint density at radius 2 is 1.95 bits per heavy atom. The van der Waals surface area contributed by atoms with Crippen molar-refractivity contribution in [2.75, 3.05) is 22.5 Å². The Hall–Kier alpha value is -1.91. The maximum absolute atomic E-state index is 12.0. The van der Waals surface area contributed by atoms with Crippen molar-refractivity contribution < 1.29 is 4.79 Å². The first-order valence-corrected chi connectivity index (χ1v) is 7.27. The number of fused-ring (bicyclic) bond motifs is 1. The van der Waals surface area contributed by atoms with Gasteiger partial charge in [-0.05, 0) is 48.4 Å². The van der Waals surface area contributed by atoms with Crippen LogP contribution in [-0.4, -0.2) is 12.6 Å². The fourth-order valence-electron chi connectivity index (χ4n) is 2.26. The van der Waals surface area contributed by atoms with E-state index in [1.165, 1.54) is 5.56 Å². The summed E-state index contributed by atoms with van der Waals surface area (Å²) in [5.74, 6) is 0. The molecule has 0 radical (unpaired) electrons. The van der Waals surface area contributed by atoms with Crippen LogP contribution in [-0.2, 0) is 6.42 Å². The quantitative estimate of drug-likeness (QED) is 0.756. The molecule has 2 aromatic rings. The molecule has 0 fully saturated rings. The van der Waals surface area contributed by atoms with Gasteiger partial charge >= 0.3 is 6.03 Å². The van der Waals surface area contributed by atoms with E-state index in [0.717, 1.165) is 24.3 Å². The van der Waals surface area contributed by atoms with Gasteiger partial charge in [0.2, 0.25) is 0 Å². The molecule has 0 unspecified atom stereocenters. The molecule has 0 bridgehead atoms. The van der Waals surface area contributed by atoms with E-state index in [1.54, 1.807) is 18.2 Å². The third-order valence-corrected chi connectivity index (χ3v) is 3.81. The second-order valence-electron chi connectivity index (χ2n) is 4.75. The van der Waals surface area contributed by atoms with Gasteiger partial charge in [0.15, 0.2) is 0 Å². The summed E-state index contributed by atoms with van der Waals surface area (Å²) in [5, 5.41) is 9.70. The maximum Gasteiger partial charge on any atom is 0.323 e. The minimum atomic E-state index is -0.356. The van der Waals surface area contributed by atoms with Crippen LogP contribution >= 0.6 is 23.2 Å². The van der Waals surface area contributed by atoms with Crippen LogP contribution in [0.5, 0.6) is 0 Å². The van der Waals surface area contributed by atoms with E-state index in [4.69, 9.17) is 23.2 Å². The van der Waals surface area contributed by atoms with Crippen molar-refractivity contribution in [3.05, 3.63) is 52.0 Å². The Morgan fingerprint density at radius 1 is 1.10 bits per heavy atom. The van der Waals surface area contributed by atoms with E-state index in [9.17, 15) is 4.79 Å². The SMILES string of the molecule is O=C(Nc1ccc2c(c1)CCN2)Nc1cc(Cl)ccc1Cl. The van der Waals surface area contributed by atoms with E-state index in [-0.39, 0.29) is 6.03 Å². The number of nitrogens with one attached hydrogen (secondary N) is 3. The van der Waals surface area contributed by atoms with E-state index in [0.29, 0.717) is 15.7 Å². The summed E-state index contributed by atoms with van der Waals surface area (Å²) in [6.07, 6.45) is 0.965. The molecule has 0 aliphatic carbocycles. The minimum absolute atomic E-state index is 0.356. The number of hydrogen-bond acceptors (Lipinski definition) is 2. The monoisotopic (exact) mass is 321 g/mol. The largest absolute Gasteiger partial charge is 0.384 e. The predicted octanol–water partition coefficient (Wildman–Crippen LogP) is 4.61. The van der Waals surface area contributed by atoms with Gasteiger partial charge in [0.05, 0.1) is 10.7 Å². The molecule has 2 amide bonds. The molecule has 4 nitrogen and oxygen atoms in total. The predicted molar refractivity (Wildman–Crippen MR) is 87.7 cm³/mol. The molecular weight excluding hydrogens is 309 g/mol. The van der Waals surface area contributed by atoms with E-state index >= 15 is 0 Å². The van der Waals surface area contributed by atoms with Crippen LogP contribution in [0.15, 0.2) is 36.4 Å². The summed E-state index contributed by atoms with van der Waals surface area (Å²) >= 11 is 11.9. The van der Waals surface area contributed by atoms with Crippen molar-refractivity contribution in [3.63, 3.8) is 0 Å². The molecule has 108 valence electrons. The van der Waals surface area contributed by atoms with Crippen LogP contribution in [0.2, 0.25) is 10.0 Å². The van der Waals surface area contributed by atoms with Crippen LogP contribution < -0.4 is 16.0 Å². The second kappa shape index (κ2) is 5.84. The average Bonchev–Trinajstić information content (AvgIpc) is 2.90. The van der Waals surface area contributed by atoms with Gasteiger partial charge in [0.1, 0.15) is 0 Å². The van der Waals surface area contributed by atoms with Crippen LogP contribution in [0.4, 0.5) is 21.9 Å². The Kier molecular flexibility index (Phi) is 3.90. The zero-order valence-corrected chi connectivity index (χ0v) is 12.6. The van der Waals surface area contributed by atoms with Gasteiger partial charge in [-0.1, -0.05) is 23.2 Å². The zero-order chi connectivity index (χ0) is 14.8. The number of carbonyl (C=O) groups is 1. The number of anilines is 3. The molecule has 2 aromatic carbocycles. The van der Waals surface area contributed by atoms with Crippen LogP contribution in [0.3, 0.4) is 0 Å². The molecule has 1 heterocycles. The first kappa shape index (κ1) is 14.0. The molecule has 0 atom stereocenters. The smallest absolute Gasteiger partial charge is 0.323 e. The van der Waals surface area contributed by atoms with Gasteiger partial charge in [-0.15, -0.1) is 0 Å². The highest BCUT2D eigenvalue weighted by molar-refractivity contribution is 6.35. The summed E-state index contributed by atoms with van der Waals surface area (Å²) in [4.78, 5) is 12.0. The standard InChI is InChI=1S/C15H13Cl2N3O/c16-10-1-3-12(17)14(8-10)20-15(21)19-11-2-4-13-9(7-11)5-6-18-13/h1-4,7-8,18H,5-6H2,(H2,19,20,21). The molecule has 3 rings (SSSR count). The fraction of sp³-hybridized carbons (Fsp3) is 0.133. The van der Waals surface area contributed by atoms with E-state index in [2.05, 4.69) is 16.0 Å². The second-order valence-corrected chi connectivity index (χ2v) is 5.60. The van der Waals surface area contributed by atoms with E-state index < -0.39 is 0 Å². The number of benzene rings is 2. The Bertz CT molecular complexity index is 703. The number of urea groups is 1. The number of halogens is 2. The van der Waals surface area contributed by atoms with Crippen LogP contribution in [0.1, 0.15) is 5.56 Å². The molecule has 21 heavy (non-hydrogen) atoms. The van der Waals surface area contributed by atoms with Crippen molar-refractivity contribution in [2.45, 2.75) is 6.42 Å². The molecule has 3 N–H and O–H groups in total. The summed E-state index contributed by atoms with van der Waals surface area (Å²) in [5.41, 5.74) is 3.55. The molecule has 6 heteroatoms. The van der Waals surface area contributed by atoms with Crippen LogP contribution in [0.25, 0.3) is 0 Å². The number of rotatable bonds is 2. The number of carbonyl (C=O) groups excluding carboxylic acids is 1. The molecule has 0 saturated heterocycles. The maximum atomic E-state index is 12.0. The highest BCUT2D eigenvalue weighted by Gasteiger charge is 2.12. The van der Waals surface area contributed by atoms with Gasteiger partial charge in [-0.25, -0.2) is 4.79 Å².